The summed E-state index contributed by atoms with van der Waals surface area (Å²) in [6.07, 6.45) is -1.10. The lowest BCUT2D eigenvalue weighted by Gasteiger charge is -2.43. The molecule has 0 radical (unpaired) electrons. The molecule has 0 saturated carbocycles. The van der Waals surface area contributed by atoms with Gasteiger partial charge in [0.05, 0.1) is 6.10 Å². The number of carbonyl (C=O) groups excluding carboxylic acids is 1. The zero-order chi connectivity index (χ0) is 13.7. The number of rotatable bonds is 5. The molecular weight excluding hydrogens is 256 g/mol. The predicted molar refractivity (Wildman–Crippen MR) is 69.6 cm³/mol. The molecule has 1 saturated heterocycles. The first-order valence-corrected chi connectivity index (χ1v) is 7.09. The average molecular weight is 278 g/mol. The molecule has 0 amide bonds. The van der Waals surface area contributed by atoms with Crippen LogP contribution in [0, 0.1) is 0 Å². The number of hydrogen-bond donors (Lipinski definition) is 0. The minimum absolute atomic E-state index is 0.101. The van der Waals surface area contributed by atoms with Crippen molar-refractivity contribution in [2.45, 2.75) is 50.6 Å². The summed E-state index contributed by atoms with van der Waals surface area (Å²) in [6, 6.07) is 0. The fourth-order valence-electron chi connectivity index (χ4n) is 2.18. The maximum Gasteiger partial charge on any atom is 0.303 e. The Morgan fingerprint density at radius 3 is 2.28 bits per heavy atom. The number of esters is 1. The minimum Gasteiger partial charge on any atom is -0.456 e. The molecule has 5 atom stereocenters. The molecule has 0 bridgehead atoms. The van der Waals surface area contributed by atoms with Crippen molar-refractivity contribution in [3.63, 3.8) is 0 Å². The van der Waals surface area contributed by atoms with Crippen LogP contribution in [0.2, 0.25) is 0 Å². The molecule has 106 valence electrons. The maximum atomic E-state index is 11.2. The number of carbonyl (C=O) groups is 1. The Kier molecular flexibility index (Phi) is 6.42. The average Bonchev–Trinajstić information content (AvgIpc) is 2.31. The molecule has 0 aliphatic carbocycles. The van der Waals surface area contributed by atoms with Gasteiger partial charge in [-0.2, -0.15) is 0 Å². The summed E-state index contributed by atoms with van der Waals surface area (Å²) in [5.41, 5.74) is -0.217. The van der Waals surface area contributed by atoms with Crippen molar-refractivity contribution in [1.29, 1.82) is 0 Å². The van der Waals surface area contributed by atoms with Crippen LogP contribution in [0.25, 0.3) is 0 Å². The number of ether oxygens (including phenoxy) is 4. The van der Waals surface area contributed by atoms with Crippen molar-refractivity contribution < 1.29 is 23.7 Å². The number of hydrogen-bond acceptors (Lipinski definition) is 6. The van der Waals surface area contributed by atoms with Gasteiger partial charge in [0.25, 0.3) is 0 Å². The summed E-state index contributed by atoms with van der Waals surface area (Å²) in [5.74, 6) is 0.542. The van der Waals surface area contributed by atoms with Crippen LogP contribution in [-0.2, 0) is 23.7 Å². The summed E-state index contributed by atoms with van der Waals surface area (Å²) in [6.45, 7) is 5.36. The van der Waals surface area contributed by atoms with Gasteiger partial charge < -0.3 is 18.9 Å². The van der Waals surface area contributed by atoms with Crippen molar-refractivity contribution in [1.82, 2.24) is 0 Å². The van der Waals surface area contributed by atoms with Crippen molar-refractivity contribution in [3.8, 4) is 0 Å². The fourth-order valence-corrected chi connectivity index (χ4v) is 3.16. The van der Waals surface area contributed by atoms with Crippen LogP contribution in [0.15, 0.2) is 0 Å². The Hall–Kier alpha value is -0.300. The SMILES string of the molecule is CCS[C@@H]1O[C@@H](C)[C@H](OC)[C@@H](OC)[C@H]1OC(C)=O. The zero-order valence-corrected chi connectivity index (χ0v) is 12.4. The number of methoxy groups -OCH3 is 2. The molecule has 6 heteroatoms. The van der Waals surface area contributed by atoms with Crippen LogP contribution in [0.5, 0.6) is 0 Å². The maximum absolute atomic E-state index is 11.2. The second-order valence-electron chi connectivity index (χ2n) is 4.14. The molecule has 5 nitrogen and oxygen atoms in total. The molecule has 0 aromatic heterocycles. The van der Waals surface area contributed by atoms with E-state index in [1.165, 1.54) is 6.92 Å². The first-order valence-electron chi connectivity index (χ1n) is 6.05. The van der Waals surface area contributed by atoms with Crippen LogP contribution in [0.4, 0.5) is 0 Å². The van der Waals surface area contributed by atoms with Crippen LogP contribution in [0.1, 0.15) is 20.8 Å². The normalized spacial score (nSPS) is 36.4. The molecule has 0 N–H and O–H groups in total. The van der Waals surface area contributed by atoms with Crippen molar-refractivity contribution in [2.24, 2.45) is 0 Å². The summed E-state index contributed by atoms with van der Waals surface area (Å²) in [5, 5.41) is 0. The van der Waals surface area contributed by atoms with Crippen molar-refractivity contribution >= 4 is 17.7 Å². The van der Waals surface area contributed by atoms with Gasteiger partial charge in [0.1, 0.15) is 17.6 Å². The summed E-state index contributed by atoms with van der Waals surface area (Å²) >= 11 is 1.60. The third-order valence-electron chi connectivity index (χ3n) is 2.90. The van der Waals surface area contributed by atoms with Gasteiger partial charge in [-0.1, -0.05) is 6.92 Å². The van der Waals surface area contributed by atoms with Gasteiger partial charge in [-0.3, -0.25) is 4.79 Å². The number of thioether (sulfide) groups is 1. The first kappa shape index (κ1) is 15.8. The van der Waals surface area contributed by atoms with E-state index in [4.69, 9.17) is 18.9 Å². The van der Waals surface area contributed by atoms with Gasteiger partial charge in [-0.05, 0) is 12.7 Å². The van der Waals surface area contributed by atoms with E-state index in [1.807, 2.05) is 13.8 Å². The summed E-state index contributed by atoms with van der Waals surface area (Å²) in [4.78, 5) is 11.2. The fraction of sp³-hybridized carbons (Fsp3) is 0.917. The van der Waals surface area contributed by atoms with Gasteiger partial charge in [-0.15, -0.1) is 11.8 Å². The molecule has 1 heterocycles. The first-order chi connectivity index (χ1) is 8.54. The van der Waals surface area contributed by atoms with Crippen LogP contribution in [0.3, 0.4) is 0 Å². The van der Waals surface area contributed by atoms with Crippen LogP contribution in [-0.4, -0.2) is 55.8 Å². The van der Waals surface area contributed by atoms with Crippen LogP contribution >= 0.6 is 11.8 Å². The summed E-state index contributed by atoms with van der Waals surface area (Å²) in [7, 11) is 3.20. The molecule has 18 heavy (non-hydrogen) atoms. The Morgan fingerprint density at radius 1 is 1.22 bits per heavy atom. The second kappa shape index (κ2) is 7.33. The molecule has 1 fully saturated rings. The van der Waals surface area contributed by atoms with Crippen molar-refractivity contribution in [2.75, 3.05) is 20.0 Å². The van der Waals surface area contributed by atoms with Gasteiger partial charge in [-0.25, -0.2) is 0 Å². The lowest BCUT2D eigenvalue weighted by Crippen LogP contribution is -2.58. The minimum atomic E-state index is -0.446. The van der Waals surface area contributed by atoms with E-state index >= 15 is 0 Å². The lowest BCUT2D eigenvalue weighted by molar-refractivity contribution is -0.221. The smallest absolute Gasteiger partial charge is 0.303 e. The lowest BCUT2D eigenvalue weighted by atomic mass is 10.0. The zero-order valence-electron chi connectivity index (χ0n) is 11.5. The molecule has 0 unspecified atom stereocenters. The predicted octanol–water partition coefficient (Wildman–Crippen LogP) is 1.45. The standard InChI is InChI=1S/C12H22O5S/c1-6-18-12-11(17-8(3)13)10(15-5)9(14-4)7(2)16-12/h7,9-12H,6H2,1-5H3/t7-,9-,10+,11+,12-/m0/s1. The summed E-state index contributed by atoms with van der Waals surface area (Å²) < 4.78 is 22.1. The molecule has 1 aliphatic heterocycles. The van der Waals surface area contributed by atoms with E-state index < -0.39 is 6.10 Å². The topological polar surface area (TPSA) is 54.0 Å². The highest BCUT2D eigenvalue weighted by Gasteiger charge is 2.46. The van der Waals surface area contributed by atoms with Gasteiger partial charge >= 0.3 is 5.97 Å². The molecule has 0 spiro atoms. The highest BCUT2D eigenvalue weighted by atomic mass is 32.2. The molecule has 0 aromatic rings. The van der Waals surface area contributed by atoms with Gasteiger partial charge in [0.2, 0.25) is 0 Å². The van der Waals surface area contributed by atoms with Gasteiger partial charge in [0, 0.05) is 21.1 Å². The molecule has 0 aromatic carbocycles. The van der Waals surface area contributed by atoms with E-state index in [2.05, 4.69) is 0 Å². The van der Waals surface area contributed by atoms with Crippen LogP contribution < -0.4 is 0 Å². The Bertz CT molecular complexity index is 273. The third kappa shape index (κ3) is 3.60. The highest BCUT2D eigenvalue weighted by Crippen LogP contribution is 2.32. The molecular formula is C12H22O5S. The quantitative estimate of drug-likeness (QED) is 0.709. The largest absolute Gasteiger partial charge is 0.456 e. The highest BCUT2D eigenvalue weighted by molar-refractivity contribution is 7.99. The van der Waals surface area contributed by atoms with E-state index in [0.717, 1.165) is 5.75 Å². The second-order valence-corrected chi connectivity index (χ2v) is 5.51. The van der Waals surface area contributed by atoms with E-state index in [9.17, 15) is 4.79 Å². The molecule has 1 rings (SSSR count). The monoisotopic (exact) mass is 278 g/mol. The Balaban J connectivity index is 2.89. The molecule has 1 aliphatic rings. The van der Waals surface area contributed by atoms with E-state index in [1.54, 1.807) is 26.0 Å². The van der Waals surface area contributed by atoms with Crippen molar-refractivity contribution in [3.05, 3.63) is 0 Å². The van der Waals surface area contributed by atoms with E-state index in [0.29, 0.717) is 0 Å². The van der Waals surface area contributed by atoms with Gasteiger partial charge in [0.15, 0.2) is 6.10 Å². The Morgan fingerprint density at radius 2 is 1.83 bits per heavy atom. The Labute approximate surface area is 112 Å². The van der Waals surface area contributed by atoms with E-state index in [-0.39, 0.29) is 29.7 Å². The third-order valence-corrected chi connectivity index (χ3v) is 3.95.